The minimum absolute atomic E-state index is 0.660. The van der Waals surface area contributed by atoms with Gasteiger partial charge in [-0.25, -0.2) is 4.98 Å². The highest BCUT2D eigenvalue weighted by atomic mass is 32.1. The maximum Gasteiger partial charge on any atom is 0.0798 e. The maximum absolute atomic E-state index is 4.32. The average Bonchev–Trinajstić information content (AvgIpc) is 2.84. The van der Waals surface area contributed by atoms with E-state index < -0.39 is 0 Å². The van der Waals surface area contributed by atoms with Crippen molar-refractivity contribution in [2.45, 2.75) is 33.9 Å². The van der Waals surface area contributed by atoms with Crippen molar-refractivity contribution in [3.63, 3.8) is 0 Å². The fourth-order valence-electron chi connectivity index (χ4n) is 2.18. The molecule has 0 aliphatic rings. The predicted octanol–water partition coefficient (Wildman–Crippen LogP) is 3.23. The molecule has 2 heterocycles. The molecule has 0 aliphatic heterocycles. The van der Waals surface area contributed by atoms with Gasteiger partial charge in [-0.1, -0.05) is 13.8 Å². The summed E-state index contributed by atoms with van der Waals surface area (Å²) in [7, 11) is 2.11. The Kier molecular flexibility index (Phi) is 5.70. The van der Waals surface area contributed by atoms with E-state index in [1.807, 2.05) is 17.9 Å². The molecule has 2 aromatic heterocycles. The largest absolute Gasteiger partial charge is 0.368 e. The van der Waals surface area contributed by atoms with E-state index >= 15 is 0 Å². The molecule has 0 aliphatic carbocycles. The monoisotopic (exact) mass is 304 g/mol. The van der Waals surface area contributed by atoms with Gasteiger partial charge in [-0.3, -0.25) is 4.98 Å². The van der Waals surface area contributed by atoms with E-state index in [4.69, 9.17) is 0 Å². The van der Waals surface area contributed by atoms with Crippen LogP contribution in [0.3, 0.4) is 0 Å². The number of anilines is 1. The SMILES string of the molecule is Cc1ncsc1CN(C)c1cnccc1CNCC(C)C. The third-order valence-corrected chi connectivity index (χ3v) is 4.31. The Labute approximate surface area is 131 Å². The van der Waals surface area contributed by atoms with Crippen LogP contribution in [0.5, 0.6) is 0 Å². The number of aromatic nitrogens is 2. The molecule has 1 N–H and O–H groups in total. The molecular formula is C16H24N4S. The van der Waals surface area contributed by atoms with E-state index in [-0.39, 0.29) is 0 Å². The Morgan fingerprint density at radius 1 is 1.38 bits per heavy atom. The van der Waals surface area contributed by atoms with Crippen LogP contribution in [0.15, 0.2) is 24.0 Å². The van der Waals surface area contributed by atoms with Crippen LogP contribution >= 0.6 is 11.3 Å². The topological polar surface area (TPSA) is 41.1 Å². The van der Waals surface area contributed by atoms with Crippen LogP contribution in [-0.4, -0.2) is 23.6 Å². The number of hydrogen-bond donors (Lipinski definition) is 1. The molecule has 0 saturated heterocycles. The van der Waals surface area contributed by atoms with Crippen LogP contribution in [0, 0.1) is 12.8 Å². The molecule has 0 atom stereocenters. The molecule has 0 bridgehead atoms. The molecule has 0 fully saturated rings. The molecule has 21 heavy (non-hydrogen) atoms. The van der Waals surface area contributed by atoms with Crippen molar-refractivity contribution in [3.05, 3.63) is 40.1 Å². The Morgan fingerprint density at radius 3 is 2.86 bits per heavy atom. The van der Waals surface area contributed by atoms with Crippen LogP contribution in [0.2, 0.25) is 0 Å². The molecule has 0 radical (unpaired) electrons. The van der Waals surface area contributed by atoms with Crippen LogP contribution in [0.25, 0.3) is 0 Å². The average molecular weight is 304 g/mol. The first kappa shape index (κ1) is 15.9. The van der Waals surface area contributed by atoms with Gasteiger partial charge in [0.05, 0.1) is 29.6 Å². The second-order valence-corrected chi connectivity index (χ2v) is 6.69. The summed E-state index contributed by atoms with van der Waals surface area (Å²) in [5, 5.41) is 3.50. The molecule has 2 aromatic rings. The summed E-state index contributed by atoms with van der Waals surface area (Å²) in [5.41, 5.74) is 5.50. The van der Waals surface area contributed by atoms with Gasteiger partial charge in [0.25, 0.3) is 0 Å². The standard InChI is InChI=1S/C16H24N4S/c1-12(2)7-18-8-14-5-6-17-9-15(14)20(4)10-16-13(3)19-11-21-16/h5-6,9,11-12,18H,7-8,10H2,1-4H3. The number of aryl methyl sites for hydroxylation is 1. The smallest absolute Gasteiger partial charge is 0.0798 e. The first-order chi connectivity index (χ1) is 10.1. The molecule has 114 valence electrons. The van der Waals surface area contributed by atoms with Crippen LogP contribution < -0.4 is 10.2 Å². The number of thiazole rings is 1. The highest BCUT2D eigenvalue weighted by Gasteiger charge is 2.10. The van der Waals surface area contributed by atoms with Gasteiger partial charge >= 0.3 is 0 Å². The Hall–Kier alpha value is -1.46. The lowest BCUT2D eigenvalue weighted by Gasteiger charge is -2.22. The zero-order valence-electron chi connectivity index (χ0n) is 13.3. The summed E-state index contributed by atoms with van der Waals surface area (Å²) in [5.74, 6) is 0.660. The molecule has 2 rings (SSSR count). The quantitative estimate of drug-likeness (QED) is 0.852. The van der Waals surface area contributed by atoms with Gasteiger partial charge in [0.15, 0.2) is 0 Å². The Balaban J connectivity index is 2.06. The molecule has 5 heteroatoms. The molecular weight excluding hydrogens is 280 g/mol. The summed E-state index contributed by atoms with van der Waals surface area (Å²) >= 11 is 1.71. The van der Waals surface area contributed by atoms with Gasteiger partial charge in [0, 0.05) is 24.7 Å². The zero-order chi connectivity index (χ0) is 15.2. The van der Waals surface area contributed by atoms with Crippen molar-refractivity contribution >= 4 is 17.0 Å². The molecule has 0 saturated carbocycles. The van der Waals surface area contributed by atoms with Crippen molar-refractivity contribution in [1.82, 2.24) is 15.3 Å². The summed E-state index contributed by atoms with van der Waals surface area (Å²) in [6.07, 6.45) is 3.81. The third-order valence-electron chi connectivity index (χ3n) is 3.39. The van der Waals surface area contributed by atoms with Crippen molar-refractivity contribution < 1.29 is 0 Å². The Bertz CT molecular complexity index is 565. The van der Waals surface area contributed by atoms with Crippen LogP contribution in [0.1, 0.15) is 30.0 Å². The normalized spacial score (nSPS) is 11.1. The molecule has 0 aromatic carbocycles. The molecule has 0 spiro atoms. The second-order valence-electron chi connectivity index (χ2n) is 5.75. The van der Waals surface area contributed by atoms with Gasteiger partial charge < -0.3 is 10.2 Å². The fourth-order valence-corrected chi connectivity index (χ4v) is 3.01. The highest BCUT2D eigenvalue weighted by molar-refractivity contribution is 7.09. The first-order valence-corrected chi connectivity index (χ1v) is 8.19. The van der Waals surface area contributed by atoms with Gasteiger partial charge in [-0.05, 0) is 31.0 Å². The third kappa shape index (κ3) is 4.51. The summed E-state index contributed by atoms with van der Waals surface area (Å²) in [6.45, 7) is 9.28. The highest BCUT2D eigenvalue weighted by Crippen LogP contribution is 2.22. The minimum Gasteiger partial charge on any atom is -0.368 e. The number of nitrogens with one attached hydrogen (secondary N) is 1. The molecule has 0 amide bonds. The number of hydrogen-bond acceptors (Lipinski definition) is 5. The Morgan fingerprint density at radius 2 is 2.19 bits per heavy atom. The number of nitrogens with zero attached hydrogens (tertiary/aromatic N) is 3. The van der Waals surface area contributed by atoms with E-state index in [1.165, 1.54) is 16.1 Å². The van der Waals surface area contributed by atoms with E-state index in [0.717, 1.165) is 25.3 Å². The zero-order valence-corrected chi connectivity index (χ0v) is 14.1. The first-order valence-electron chi connectivity index (χ1n) is 7.31. The van der Waals surface area contributed by atoms with Gasteiger partial charge in [0.2, 0.25) is 0 Å². The summed E-state index contributed by atoms with van der Waals surface area (Å²) in [4.78, 5) is 12.2. The maximum atomic E-state index is 4.32. The van der Waals surface area contributed by atoms with E-state index in [0.29, 0.717) is 5.92 Å². The summed E-state index contributed by atoms with van der Waals surface area (Å²) < 4.78 is 0. The van der Waals surface area contributed by atoms with E-state index in [2.05, 4.69) is 54.1 Å². The van der Waals surface area contributed by atoms with Crippen molar-refractivity contribution in [2.75, 3.05) is 18.5 Å². The van der Waals surface area contributed by atoms with Crippen molar-refractivity contribution in [3.8, 4) is 0 Å². The van der Waals surface area contributed by atoms with E-state index in [1.54, 1.807) is 11.3 Å². The molecule has 0 unspecified atom stereocenters. The van der Waals surface area contributed by atoms with Crippen molar-refractivity contribution in [2.24, 2.45) is 5.92 Å². The lowest BCUT2D eigenvalue weighted by atomic mass is 10.2. The molecule has 4 nitrogen and oxygen atoms in total. The van der Waals surface area contributed by atoms with E-state index in [9.17, 15) is 0 Å². The second kappa shape index (κ2) is 7.52. The van der Waals surface area contributed by atoms with Crippen molar-refractivity contribution in [1.29, 1.82) is 0 Å². The summed E-state index contributed by atoms with van der Waals surface area (Å²) in [6, 6.07) is 2.10. The lowest BCUT2D eigenvalue weighted by Crippen LogP contribution is -2.23. The van der Waals surface area contributed by atoms with Crippen LogP contribution in [-0.2, 0) is 13.1 Å². The van der Waals surface area contributed by atoms with Gasteiger partial charge in [0.1, 0.15) is 0 Å². The van der Waals surface area contributed by atoms with Gasteiger partial charge in [-0.15, -0.1) is 11.3 Å². The predicted molar refractivity (Wildman–Crippen MR) is 89.7 cm³/mol. The minimum atomic E-state index is 0.660. The van der Waals surface area contributed by atoms with Gasteiger partial charge in [-0.2, -0.15) is 0 Å². The number of rotatable bonds is 7. The fraction of sp³-hybridized carbons (Fsp3) is 0.500. The van der Waals surface area contributed by atoms with Crippen LogP contribution in [0.4, 0.5) is 5.69 Å². The number of pyridine rings is 1. The lowest BCUT2D eigenvalue weighted by molar-refractivity contribution is 0.552.